The molecule has 0 saturated heterocycles. The third-order valence-electron chi connectivity index (χ3n) is 18.8. The first-order chi connectivity index (χ1) is 33.6. The Balaban J connectivity index is 1.34. The van der Waals surface area contributed by atoms with Crippen LogP contribution >= 0.6 is 0 Å². The zero-order valence-electron chi connectivity index (χ0n) is 49.7. The number of unbranched alkanes of at least 4 members (excludes halogenated alkanes) is 34. The second-order valence-corrected chi connectivity index (χ2v) is 31.5. The highest BCUT2D eigenvalue weighted by molar-refractivity contribution is 6.76. The van der Waals surface area contributed by atoms with Crippen molar-refractivity contribution in [3.63, 3.8) is 0 Å². The van der Waals surface area contributed by atoms with Crippen molar-refractivity contribution < 1.29 is 0 Å². The van der Waals surface area contributed by atoms with Crippen LogP contribution in [0.1, 0.15) is 324 Å². The first kappa shape index (κ1) is 61.4. The van der Waals surface area contributed by atoms with E-state index in [9.17, 15) is 0 Å². The second-order valence-electron chi connectivity index (χ2n) is 27.0. The van der Waals surface area contributed by atoms with Crippen molar-refractivity contribution in [3.05, 3.63) is 53.1 Å². The molecule has 0 aromatic heterocycles. The fourth-order valence-corrected chi connectivity index (χ4v) is 22.5. The highest BCUT2D eigenvalue weighted by Gasteiger charge is 2.59. The molecule has 0 N–H and O–H groups in total. The molecule has 1 fully saturated rings. The quantitative estimate of drug-likeness (QED) is 0.0468. The third kappa shape index (κ3) is 18.9. The highest BCUT2D eigenvalue weighted by atomic mass is 28.3. The summed E-state index contributed by atoms with van der Waals surface area (Å²) in [7, 11) is -1.91. The zero-order valence-corrected chi connectivity index (χ0v) is 50.7. The molecule has 0 aliphatic heterocycles. The molecule has 0 amide bonds. The van der Waals surface area contributed by atoms with Gasteiger partial charge in [0.25, 0.3) is 0 Å². The zero-order chi connectivity index (χ0) is 50.9. The van der Waals surface area contributed by atoms with Gasteiger partial charge in [-0.2, -0.15) is 0 Å². The predicted octanol–water partition coefficient (Wildman–Crippen LogP) is 23.1. The van der Waals surface area contributed by atoms with E-state index in [4.69, 9.17) is 0 Å². The smallest absolute Gasteiger partial charge is 0.127 e. The summed E-state index contributed by atoms with van der Waals surface area (Å²) >= 11 is 0. The molecule has 1 aromatic rings. The summed E-state index contributed by atoms with van der Waals surface area (Å²) in [4.78, 5) is 0. The van der Waals surface area contributed by atoms with E-state index >= 15 is 0 Å². The van der Waals surface area contributed by atoms with Crippen molar-refractivity contribution in [2.24, 2.45) is 23.7 Å². The Morgan fingerprint density at radius 2 is 0.757 bits per heavy atom. The van der Waals surface area contributed by atoms with Gasteiger partial charge in [0.2, 0.25) is 0 Å². The maximum atomic E-state index is 3.03. The molecule has 2 heteroatoms. The molecular formula is C68H123NSi. The van der Waals surface area contributed by atoms with Gasteiger partial charge in [-0.3, -0.25) is 0 Å². The molecule has 70 heavy (non-hydrogen) atoms. The SMILES string of the molecule is CCCCCCCCCCCCCCCCCCCCC1(CCCCCCCCCCCCCCCCCCCC)C2=CC3C(C)C(C)C([Si](C)(C)N(C(C)(C)C)C(C)(C)C)C3C=C2c2ccccc21. The Labute approximate surface area is 441 Å². The molecule has 404 valence electrons. The molecule has 1 nitrogen and oxygen atoms in total. The van der Waals surface area contributed by atoms with E-state index < -0.39 is 8.24 Å². The van der Waals surface area contributed by atoms with Crippen LogP contribution in [0.15, 0.2) is 42.0 Å². The van der Waals surface area contributed by atoms with Crippen LogP contribution in [-0.4, -0.2) is 23.9 Å². The molecule has 0 bridgehead atoms. The van der Waals surface area contributed by atoms with Crippen LogP contribution < -0.4 is 0 Å². The molecule has 3 aliphatic carbocycles. The van der Waals surface area contributed by atoms with Gasteiger partial charge in [-0.15, -0.1) is 0 Å². The van der Waals surface area contributed by atoms with Crippen molar-refractivity contribution >= 4 is 13.8 Å². The van der Waals surface area contributed by atoms with Gasteiger partial charge in [-0.05, 0) is 106 Å². The maximum absolute atomic E-state index is 3.03. The first-order valence-electron chi connectivity index (χ1n) is 32.0. The molecule has 5 atom stereocenters. The molecule has 0 heterocycles. The molecular weight excluding hydrogens is 859 g/mol. The fourth-order valence-electron chi connectivity index (χ4n) is 15.9. The Morgan fingerprint density at radius 3 is 1.10 bits per heavy atom. The van der Waals surface area contributed by atoms with E-state index in [1.165, 1.54) is 244 Å². The van der Waals surface area contributed by atoms with Gasteiger partial charge < -0.3 is 4.57 Å². The van der Waals surface area contributed by atoms with Crippen LogP contribution in [0.2, 0.25) is 18.6 Å². The first-order valence-corrected chi connectivity index (χ1v) is 35.0. The highest BCUT2D eigenvalue weighted by Crippen LogP contribution is 2.64. The minimum absolute atomic E-state index is 0.145. The molecule has 0 radical (unpaired) electrons. The van der Waals surface area contributed by atoms with Crippen LogP contribution in [0.25, 0.3) is 5.57 Å². The summed E-state index contributed by atoms with van der Waals surface area (Å²) < 4.78 is 3.03. The van der Waals surface area contributed by atoms with Crippen LogP contribution in [0.3, 0.4) is 0 Å². The summed E-state index contributed by atoms with van der Waals surface area (Å²) in [6.45, 7) is 30.4. The minimum Gasteiger partial charge on any atom is -0.314 e. The largest absolute Gasteiger partial charge is 0.314 e. The van der Waals surface area contributed by atoms with E-state index in [1.807, 2.05) is 0 Å². The molecule has 3 aliphatic rings. The Hall–Kier alpha value is -1.12. The van der Waals surface area contributed by atoms with E-state index in [1.54, 1.807) is 22.3 Å². The lowest BCUT2D eigenvalue weighted by Gasteiger charge is -2.57. The molecule has 5 unspecified atom stereocenters. The Bertz CT molecular complexity index is 1530. The number of nitrogens with zero attached hydrogens (tertiary/aromatic N) is 1. The lowest BCUT2D eigenvalue weighted by molar-refractivity contribution is 0.121. The Kier molecular flexibility index (Phi) is 28.4. The standard InChI is InChI=1S/C68H123NSi/c1-13-15-17-19-21-23-25-27-29-31-33-35-37-39-41-43-45-49-53-68(54-50-46-44-42-40-38-36-34-32-30-28-26-24-22-20-18-16-14-2)63-52-48-47-51-59(63)61-55-62-60(56-64(61)68)57(3)58(4)65(62)70(11,12)69(66(5,6)7)67(8,9)10/h47-48,51-52,55-58,60,62,65H,13-46,49-50,53-54H2,1-12H3. The van der Waals surface area contributed by atoms with Gasteiger partial charge in [0.15, 0.2) is 0 Å². The van der Waals surface area contributed by atoms with Crippen LogP contribution in [0.5, 0.6) is 0 Å². The van der Waals surface area contributed by atoms with Crippen LogP contribution in [-0.2, 0) is 5.41 Å². The summed E-state index contributed by atoms with van der Waals surface area (Å²) in [5.74, 6) is 2.73. The van der Waals surface area contributed by atoms with Gasteiger partial charge in [0.05, 0.1) is 0 Å². The number of hydrogen-bond acceptors (Lipinski definition) is 1. The van der Waals surface area contributed by atoms with Crippen LogP contribution in [0, 0.1) is 23.7 Å². The third-order valence-corrected chi connectivity index (χ3v) is 23.8. The van der Waals surface area contributed by atoms with E-state index in [0.29, 0.717) is 17.8 Å². The van der Waals surface area contributed by atoms with Gasteiger partial charge >= 0.3 is 0 Å². The average molecular weight is 983 g/mol. The number of benzene rings is 1. The van der Waals surface area contributed by atoms with Crippen molar-refractivity contribution in [2.45, 2.75) is 348 Å². The fraction of sp³-hybridized carbons (Fsp3) is 0.853. The van der Waals surface area contributed by atoms with Crippen molar-refractivity contribution in [3.8, 4) is 0 Å². The number of allylic oxidation sites excluding steroid dienone is 4. The van der Waals surface area contributed by atoms with E-state index in [0.717, 1.165) is 11.5 Å². The van der Waals surface area contributed by atoms with Crippen molar-refractivity contribution in [1.29, 1.82) is 0 Å². The van der Waals surface area contributed by atoms with Crippen molar-refractivity contribution in [2.75, 3.05) is 0 Å². The lowest BCUT2D eigenvalue weighted by Crippen LogP contribution is -2.67. The number of fused-ring (bicyclic) bond motifs is 4. The summed E-state index contributed by atoms with van der Waals surface area (Å²) in [5, 5.41) is 0. The summed E-state index contributed by atoms with van der Waals surface area (Å²) in [6.07, 6.45) is 60.7. The van der Waals surface area contributed by atoms with Crippen LogP contribution in [0.4, 0.5) is 0 Å². The minimum atomic E-state index is -1.91. The molecule has 0 spiro atoms. The molecule has 1 saturated carbocycles. The van der Waals surface area contributed by atoms with Gasteiger partial charge in [0, 0.05) is 16.5 Å². The van der Waals surface area contributed by atoms with E-state index in [-0.39, 0.29) is 16.5 Å². The van der Waals surface area contributed by atoms with Gasteiger partial charge in [-0.1, -0.05) is 308 Å². The Morgan fingerprint density at radius 1 is 0.429 bits per heavy atom. The number of rotatable bonds is 40. The predicted molar refractivity (Wildman–Crippen MR) is 319 cm³/mol. The summed E-state index contributed by atoms with van der Waals surface area (Å²) in [5.41, 5.74) is 7.96. The summed E-state index contributed by atoms with van der Waals surface area (Å²) in [6, 6.07) is 9.89. The molecule has 4 rings (SSSR count). The normalized spacial score (nSPS) is 21.0. The molecule has 1 aromatic carbocycles. The topological polar surface area (TPSA) is 3.24 Å². The monoisotopic (exact) mass is 982 g/mol. The van der Waals surface area contributed by atoms with E-state index in [2.05, 4.69) is 123 Å². The lowest BCUT2D eigenvalue weighted by atomic mass is 9.67. The number of hydrogen-bond donors (Lipinski definition) is 0. The van der Waals surface area contributed by atoms with Gasteiger partial charge in [0.1, 0.15) is 8.24 Å². The maximum Gasteiger partial charge on any atom is 0.127 e. The second kappa shape index (κ2) is 32.3. The van der Waals surface area contributed by atoms with Gasteiger partial charge in [-0.25, -0.2) is 0 Å². The average Bonchev–Trinajstić information content (AvgIpc) is 3.72. The van der Waals surface area contributed by atoms with Crippen molar-refractivity contribution in [1.82, 2.24) is 4.57 Å².